The van der Waals surface area contributed by atoms with E-state index < -0.39 is 5.97 Å². The van der Waals surface area contributed by atoms with Crippen LogP contribution in [0.1, 0.15) is 32.6 Å². The van der Waals surface area contributed by atoms with Crippen molar-refractivity contribution in [1.82, 2.24) is 0 Å². The van der Waals surface area contributed by atoms with Crippen LogP contribution in [0.5, 0.6) is 0 Å². The molecule has 2 nitrogen and oxygen atoms in total. The van der Waals surface area contributed by atoms with Crippen LogP contribution < -0.4 is 0 Å². The first kappa shape index (κ1) is 14.6. The zero-order chi connectivity index (χ0) is 15.0. The first-order chi connectivity index (χ1) is 9.31. The summed E-state index contributed by atoms with van der Waals surface area (Å²) >= 11 is 6.06. The smallest absolute Gasteiger partial charge is 0.335 e. The van der Waals surface area contributed by atoms with Crippen molar-refractivity contribution >= 4 is 17.6 Å². The highest BCUT2D eigenvalue weighted by Gasteiger charge is 2.13. The number of hydrogen-bond donors (Lipinski definition) is 1. The number of halogens is 1. The molecule has 0 spiro atoms. The van der Waals surface area contributed by atoms with Gasteiger partial charge in [0.05, 0.1) is 5.56 Å². The second-order valence-corrected chi connectivity index (χ2v) is 5.61. The number of hydrogen-bond acceptors (Lipinski definition) is 1. The Bertz CT molecular complexity index is 676. The van der Waals surface area contributed by atoms with E-state index in [1.165, 1.54) is 17.2 Å². The molecule has 0 aliphatic rings. The van der Waals surface area contributed by atoms with Gasteiger partial charge in [-0.25, -0.2) is 4.79 Å². The van der Waals surface area contributed by atoms with Gasteiger partial charge in [0.15, 0.2) is 0 Å². The third-order valence-corrected chi connectivity index (χ3v) is 4.02. The second kappa shape index (κ2) is 5.29. The third kappa shape index (κ3) is 2.56. The third-order valence-electron chi connectivity index (χ3n) is 3.80. The van der Waals surface area contributed by atoms with Crippen LogP contribution in [-0.2, 0) is 0 Å². The van der Waals surface area contributed by atoms with Crippen molar-refractivity contribution in [2.45, 2.75) is 27.7 Å². The second-order valence-electron chi connectivity index (χ2n) is 5.17. The molecule has 0 bridgehead atoms. The molecule has 0 aliphatic heterocycles. The van der Waals surface area contributed by atoms with Crippen LogP contribution in [0.2, 0.25) is 5.02 Å². The van der Waals surface area contributed by atoms with Crippen LogP contribution in [-0.4, -0.2) is 11.1 Å². The monoisotopic (exact) mass is 288 g/mol. The maximum atomic E-state index is 11.2. The molecular formula is C17H17ClO2. The lowest BCUT2D eigenvalue weighted by atomic mass is 9.89. The van der Waals surface area contributed by atoms with E-state index in [9.17, 15) is 4.79 Å². The number of carboxylic acids is 1. The van der Waals surface area contributed by atoms with Crippen molar-refractivity contribution in [1.29, 1.82) is 0 Å². The molecule has 0 unspecified atom stereocenters. The predicted octanol–water partition coefficient (Wildman–Crippen LogP) is 4.94. The highest BCUT2D eigenvalue weighted by molar-refractivity contribution is 6.31. The first-order valence-electron chi connectivity index (χ1n) is 6.43. The number of aromatic carboxylic acids is 1. The predicted molar refractivity (Wildman–Crippen MR) is 82.8 cm³/mol. The lowest BCUT2D eigenvalue weighted by molar-refractivity contribution is 0.0697. The number of carbonyl (C=O) groups is 1. The molecule has 0 amide bonds. The van der Waals surface area contributed by atoms with E-state index in [-0.39, 0.29) is 5.56 Å². The Hall–Kier alpha value is -1.80. The molecule has 0 aromatic heterocycles. The van der Waals surface area contributed by atoms with Gasteiger partial charge in [-0.2, -0.15) is 0 Å². The summed E-state index contributed by atoms with van der Waals surface area (Å²) in [5.74, 6) is -0.964. The molecule has 2 aromatic rings. The molecular weight excluding hydrogens is 272 g/mol. The lowest BCUT2D eigenvalue weighted by Gasteiger charge is -2.16. The molecule has 0 atom stereocenters. The molecule has 3 heteroatoms. The Labute approximate surface area is 124 Å². The average Bonchev–Trinajstić information content (AvgIpc) is 2.36. The van der Waals surface area contributed by atoms with Gasteiger partial charge >= 0.3 is 5.97 Å². The molecule has 0 aliphatic carbocycles. The Kier molecular flexibility index (Phi) is 3.87. The number of rotatable bonds is 2. The van der Waals surface area contributed by atoms with E-state index in [2.05, 4.69) is 33.8 Å². The normalized spacial score (nSPS) is 10.7. The molecule has 0 saturated heterocycles. The van der Waals surface area contributed by atoms with Crippen LogP contribution in [0.3, 0.4) is 0 Å². The van der Waals surface area contributed by atoms with E-state index >= 15 is 0 Å². The average molecular weight is 289 g/mol. The number of benzene rings is 2. The quantitative estimate of drug-likeness (QED) is 0.850. The van der Waals surface area contributed by atoms with E-state index in [1.54, 1.807) is 6.07 Å². The fourth-order valence-corrected chi connectivity index (χ4v) is 2.74. The minimum absolute atomic E-state index is 0.213. The maximum absolute atomic E-state index is 11.2. The summed E-state index contributed by atoms with van der Waals surface area (Å²) in [5, 5.41) is 9.61. The van der Waals surface area contributed by atoms with Gasteiger partial charge in [0, 0.05) is 5.02 Å². The topological polar surface area (TPSA) is 37.3 Å². The highest BCUT2D eigenvalue weighted by atomic mass is 35.5. The van der Waals surface area contributed by atoms with Gasteiger partial charge < -0.3 is 5.11 Å². The van der Waals surface area contributed by atoms with Gasteiger partial charge in [0.2, 0.25) is 0 Å². The van der Waals surface area contributed by atoms with Crippen LogP contribution in [0.25, 0.3) is 11.1 Å². The van der Waals surface area contributed by atoms with Crippen molar-refractivity contribution in [2.75, 3.05) is 0 Å². The summed E-state index contributed by atoms with van der Waals surface area (Å²) in [6, 6.07) is 7.13. The SMILES string of the molecule is Cc1cc(C)c(C)c(-c2cc(Cl)cc(C(=O)O)c2)c1C. The summed E-state index contributed by atoms with van der Waals surface area (Å²) < 4.78 is 0. The van der Waals surface area contributed by atoms with Crippen molar-refractivity contribution in [2.24, 2.45) is 0 Å². The lowest BCUT2D eigenvalue weighted by Crippen LogP contribution is -1.99. The molecule has 2 rings (SSSR count). The summed E-state index contributed by atoms with van der Waals surface area (Å²) in [4.78, 5) is 11.2. The Morgan fingerprint density at radius 2 is 1.50 bits per heavy atom. The van der Waals surface area contributed by atoms with Gasteiger partial charge in [0.1, 0.15) is 0 Å². The Morgan fingerprint density at radius 3 is 2.00 bits per heavy atom. The first-order valence-corrected chi connectivity index (χ1v) is 6.80. The largest absolute Gasteiger partial charge is 0.478 e. The van der Waals surface area contributed by atoms with E-state index in [0.29, 0.717) is 5.02 Å². The van der Waals surface area contributed by atoms with Gasteiger partial charge in [-0.1, -0.05) is 17.7 Å². The number of carboxylic acid groups (broad SMARTS) is 1. The van der Waals surface area contributed by atoms with E-state index in [4.69, 9.17) is 16.7 Å². The van der Waals surface area contributed by atoms with Gasteiger partial charge in [-0.05, 0) is 79.3 Å². The molecule has 1 N–H and O–H groups in total. The van der Waals surface area contributed by atoms with Gasteiger partial charge in [-0.3, -0.25) is 0 Å². The van der Waals surface area contributed by atoms with Crippen molar-refractivity contribution in [3.8, 4) is 11.1 Å². The molecule has 0 fully saturated rings. The van der Waals surface area contributed by atoms with E-state index in [0.717, 1.165) is 22.3 Å². The molecule has 0 radical (unpaired) electrons. The zero-order valence-corrected chi connectivity index (χ0v) is 12.8. The highest BCUT2D eigenvalue weighted by Crippen LogP contribution is 2.33. The minimum Gasteiger partial charge on any atom is -0.478 e. The molecule has 2 aromatic carbocycles. The van der Waals surface area contributed by atoms with E-state index in [1.807, 2.05) is 6.07 Å². The number of aryl methyl sites for hydroxylation is 2. The zero-order valence-electron chi connectivity index (χ0n) is 12.0. The fourth-order valence-electron chi connectivity index (χ4n) is 2.51. The Balaban J connectivity index is 2.78. The minimum atomic E-state index is -0.964. The summed E-state index contributed by atoms with van der Waals surface area (Å²) in [6.45, 7) is 8.23. The van der Waals surface area contributed by atoms with Crippen LogP contribution in [0, 0.1) is 27.7 Å². The van der Waals surface area contributed by atoms with Crippen LogP contribution >= 0.6 is 11.6 Å². The summed E-state index contributed by atoms with van der Waals surface area (Å²) in [6.07, 6.45) is 0. The van der Waals surface area contributed by atoms with Gasteiger partial charge in [0.25, 0.3) is 0 Å². The molecule has 0 saturated carbocycles. The fraction of sp³-hybridized carbons (Fsp3) is 0.235. The standard InChI is InChI=1S/C17H17ClO2/c1-9-5-10(2)12(4)16(11(9)3)13-6-14(17(19)20)8-15(18)7-13/h5-8H,1-4H3,(H,19,20). The molecule has 0 heterocycles. The molecule has 20 heavy (non-hydrogen) atoms. The van der Waals surface area contributed by atoms with Crippen molar-refractivity contribution in [3.63, 3.8) is 0 Å². The van der Waals surface area contributed by atoms with Crippen molar-refractivity contribution < 1.29 is 9.90 Å². The summed E-state index contributed by atoms with van der Waals surface area (Å²) in [7, 11) is 0. The maximum Gasteiger partial charge on any atom is 0.335 e. The van der Waals surface area contributed by atoms with Crippen molar-refractivity contribution in [3.05, 3.63) is 57.1 Å². The summed E-state index contributed by atoms with van der Waals surface area (Å²) in [5.41, 5.74) is 6.85. The molecule has 104 valence electrons. The van der Waals surface area contributed by atoms with Crippen LogP contribution in [0.4, 0.5) is 0 Å². The Morgan fingerprint density at radius 1 is 0.950 bits per heavy atom. The van der Waals surface area contributed by atoms with Gasteiger partial charge in [-0.15, -0.1) is 0 Å². The van der Waals surface area contributed by atoms with Crippen LogP contribution in [0.15, 0.2) is 24.3 Å².